The highest BCUT2D eigenvalue weighted by Gasteiger charge is 2.37. The Balaban J connectivity index is 1.67. The van der Waals surface area contributed by atoms with E-state index in [2.05, 4.69) is 5.32 Å². The van der Waals surface area contributed by atoms with E-state index in [0.717, 1.165) is 5.92 Å². The molecule has 0 spiro atoms. The van der Waals surface area contributed by atoms with Gasteiger partial charge in [-0.1, -0.05) is 0 Å². The average Bonchev–Trinajstić information content (AvgIpc) is 2.87. The van der Waals surface area contributed by atoms with Gasteiger partial charge in [0, 0.05) is 5.54 Å². The summed E-state index contributed by atoms with van der Waals surface area (Å²) in [5.41, 5.74) is 6.36. The van der Waals surface area contributed by atoms with Crippen molar-refractivity contribution in [1.29, 1.82) is 0 Å². The molecule has 2 nitrogen and oxygen atoms in total. The third-order valence-corrected chi connectivity index (χ3v) is 3.64. The number of nitrogens with one attached hydrogen (secondary N) is 1. The van der Waals surface area contributed by atoms with Crippen molar-refractivity contribution >= 4 is 0 Å². The van der Waals surface area contributed by atoms with E-state index in [1.807, 2.05) is 0 Å². The predicted octanol–water partition coefficient (Wildman–Crippen LogP) is 1.65. The molecule has 0 aromatic carbocycles. The molecule has 1 aliphatic heterocycles. The first-order valence-electron chi connectivity index (χ1n) is 5.78. The Morgan fingerprint density at radius 1 is 1.23 bits per heavy atom. The molecule has 2 aliphatic rings. The minimum absolute atomic E-state index is 0.278. The smallest absolute Gasteiger partial charge is 0.0155 e. The third kappa shape index (κ3) is 2.96. The quantitative estimate of drug-likeness (QED) is 0.696. The van der Waals surface area contributed by atoms with Gasteiger partial charge in [0.1, 0.15) is 0 Å². The van der Waals surface area contributed by atoms with Gasteiger partial charge in [-0.3, -0.25) is 0 Å². The fourth-order valence-electron chi connectivity index (χ4n) is 2.28. The van der Waals surface area contributed by atoms with Crippen LogP contribution in [0.25, 0.3) is 0 Å². The largest absolute Gasteiger partial charge is 0.325 e. The van der Waals surface area contributed by atoms with Crippen molar-refractivity contribution in [2.45, 2.75) is 50.5 Å². The van der Waals surface area contributed by atoms with Crippen LogP contribution in [-0.2, 0) is 0 Å². The van der Waals surface area contributed by atoms with E-state index in [1.165, 1.54) is 58.0 Å². The molecule has 76 valence electrons. The summed E-state index contributed by atoms with van der Waals surface area (Å²) in [6, 6.07) is 0. The minimum atomic E-state index is 0.278. The van der Waals surface area contributed by atoms with Crippen LogP contribution in [0.15, 0.2) is 0 Å². The predicted molar refractivity (Wildman–Crippen MR) is 55.6 cm³/mol. The van der Waals surface area contributed by atoms with E-state index in [1.54, 1.807) is 0 Å². The Morgan fingerprint density at radius 3 is 2.85 bits per heavy atom. The van der Waals surface area contributed by atoms with Crippen molar-refractivity contribution in [3.05, 3.63) is 0 Å². The highest BCUT2D eigenvalue weighted by atomic mass is 14.9. The van der Waals surface area contributed by atoms with Crippen molar-refractivity contribution in [3.8, 4) is 0 Å². The lowest BCUT2D eigenvalue weighted by Crippen LogP contribution is -2.22. The van der Waals surface area contributed by atoms with E-state index in [0.29, 0.717) is 0 Å². The van der Waals surface area contributed by atoms with Crippen LogP contribution in [-0.4, -0.2) is 18.6 Å². The molecule has 1 unspecified atom stereocenters. The highest BCUT2D eigenvalue weighted by molar-refractivity contribution is 4.98. The Labute approximate surface area is 81.3 Å². The van der Waals surface area contributed by atoms with Gasteiger partial charge in [0.2, 0.25) is 0 Å². The lowest BCUT2D eigenvalue weighted by atomic mass is 9.93. The first-order valence-corrected chi connectivity index (χ1v) is 5.78. The van der Waals surface area contributed by atoms with Crippen LogP contribution < -0.4 is 11.1 Å². The Bertz CT molecular complexity index is 155. The number of rotatable bonds is 3. The molecular formula is C11H22N2. The molecule has 1 aliphatic carbocycles. The average molecular weight is 182 g/mol. The van der Waals surface area contributed by atoms with Gasteiger partial charge < -0.3 is 11.1 Å². The zero-order valence-corrected chi connectivity index (χ0v) is 8.52. The summed E-state index contributed by atoms with van der Waals surface area (Å²) in [6.07, 6.45) is 9.35. The highest BCUT2D eigenvalue weighted by Crippen LogP contribution is 2.38. The van der Waals surface area contributed by atoms with Crippen LogP contribution in [0.3, 0.4) is 0 Å². The van der Waals surface area contributed by atoms with Crippen LogP contribution in [0, 0.1) is 5.92 Å². The normalized spacial score (nSPS) is 32.5. The van der Waals surface area contributed by atoms with Crippen molar-refractivity contribution < 1.29 is 0 Å². The van der Waals surface area contributed by atoms with Gasteiger partial charge in [-0.05, 0) is 64.0 Å². The number of hydrogen-bond acceptors (Lipinski definition) is 2. The second-order valence-corrected chi connectivity index (χ2v) is 4.95. The van der Waals surface area contributed by atoms with Crippen LogP contribution in [0.2, 0.25) is 0 Å². The van der Waals surface area contributed by atoms with Crippen LogP contribution in [0.5, 0.6) is 0 Å². The Morgan fingerprint density at radius 2 is 2.08 bits per heavy atom. The first-order chi connectivity index (χ1) is 6.29. The number of nitrogens with two attached hydrogens (primary N) is 1. The second-order valence-electron chi connectivity index (χ2n) is 4.95. The van der Waals surface area contributed by atoms with Crippen LogP contribution in [0.4, 0.5) is 0 Å². The summed E-state index contributed by atoms with van der Waals surface area (Å²) in [6.45, 7) is 2.45. The lowest BCUT2D eigenvalue weighted by molar-refractivity contribution is 0.398. The maximum Gasteiger partial charge on any atom is 0.0155 e. The zero-order chi connectivity index (χ0) is 9.15. The van der Waals surface area contributed by atoms with E-state index >= 15 is 0 Å². The van der Waals surface area contributed by atoms with Gasteiger partial charge in [0.05, 0.1) is 0 Å². The van der Waals surface area contributed by atoms with Crippen molar-refractivity contribution in [2.75, 3.05) is 13.1 Å². The Kier molecular flexibility index (Phi) is 2.89. The Hall–Kier alpha value is -0.0800. The van der Waals surface area contributed by atoms with E-state index in [4.69, 9.17) is 5.73 Å². The molecule has 0 aromatic rings. The van der Waals surface area contributed by atoms with Crippen LogP contribution >= 0.6 is 0 Å². The minimum Gasteiger partial charge on any atom is -0.325 e. The maximum absolute atomic E-state index is 6.09. The molecule has 0 radical (unpaired) electrons. The third-order valence-electron chi connectivity index (χ3n) is 3.64. The summed E-state index contributed by atoms with van der Waals surface area (Å²) in [4.78, 5) is 0. The molecule has 2 heteroatoms. The summed E-state index contributed by atoms with van der Waals surface area (Å²) < 4.78 is 0. The molecule has 2 fully saturated rings. The summed E-state index contributed by atoms with van der Waals surface area (Å²) in [7, 11) is 0. The molecular weight excluding hydrogens is 160 g/mol. The van der Waals surface area contributed by atoms with Gasteiger partial charge in [-0.2, -0.15) is 0 Å². The van der Waals surface area contributed by atoms with Gasteiger partial charge in [-0.25, -0.2) is 0 Å². The van der Waals surface area contributed by atoms with Crippen molar-refractivity contribution in [2.24, 2.45) is 11.7 Å². The molecule has 1 atom stereocenters. The fraction of sp³-hybridized carbons (Fsp3) is 1.00. The lowest BCUT2D eigenvalue weighted by Gasteiger charge is -2.16. The molecule has 1 saturated heterocycles. The summed E-state index contributed by atoms with van der Waals surface area (Å²) in [5, 5.41) is 3.46. The molecule has 0 aromatic heterocycles. The maximum atomic E-state index is 6.09. The van der Waals surface area contributed by atoms with Crippen molar-refractivity contribution in [3.63, 3.8) is 0 Å². The SMILES string of the molecule is NC1(CCC2CCCNCC2)CC1. The molecule has 1 heterocycles. The van der Waals surface area contributed by atoms with Crippen molar-refractivity contribution in [1.82, 2.24) is 5.32 Å². The summed E-state index contributed by atoms with van der Waals surface area (Å²) in [5.74, 6) is 0.955. The number of hydrogen-bond donors (Lipinski definition) is 2. The molecule has 2 rings (SSSR count). The van der Waals surface area contributed by atoms with E-state index < -0.39 is 0 Å². The molecule has 13 heavy (non-hydrogen) atoms. The van der Waals surface area contributed by atoms with Gasteiger partial charge >= 0.3 is 0 Å². The van der Waals surface area contributed by atoms with Gasteiger partial charge in [0.25, 0.3) is 0 Å². The van der Waals surface area contributed by atoms with E-state index in [9.17, 15) is 0 Å². The zero-order valence-electron chi connectivity index (χ0n) is 8.52. The molecule has 0 bridgehead atoms. The van der Waals surface area contributed by atoms with Gasteiger partial charge in [0.15, 0.2) is 0 Å². The molecule has 3 N–H and O–H groups in total. The summed E-state index contributed by atoms with van der Waals surface area (Å²) >= 11 is 0. The monoisotopic (exact) mass is 182 g/mol. The molecule has 0 amide bonds. The first kappa shape index (κ1) is 9.47. The topological polar surface area (TPSA) is 38.0 Å². The van der Waals surface area contributed by atoms with Crippen LogP contribution in [0.1, 0.15) is 44.9 Å². The van der Waals surface area contributed by atoms with E-state index in [-0.39, 0.29) is 5.54 Å². The fourth-order valence-corrected chi connectivity index (χ4v) is 2.28. The standard InChI is InChI=1S/C11H22N2/c12-11(6-7-11)5-3-10-2-1-8-13-9-4-10/h10,13H,1-9,12H2. The molecule has 1 saturated carbocycles. The van der Waals surface area contributed by atoms with Gasteiger partial charge in [-0.15, -0.1) is 0 Å². The second kappa shape index (κ2) is 3.97.